The Kier molecular flexibility index (Phi) is 6.38. The van der Waals surface area contributed by atoms with E-state index in [1.165, 1.54) is 16.7 Å². The molecule has 2 aromatic carbocycles. The summed E-state index contributed by atoms with van der Waals surface area (Å²) in [7, 11) is 0. The van der Waals surface area contributed by atoms with E-state index in [4.69, 9.17) is 0 Å². The molecule has 0 amide bonds. The van der Waals surface area contributed by atoms with Gasteiger partial charge in [0.1, 0.15) is 0 Å². The first-order valence-electron chi connectivity index (χ1n) is 6.57. The monoisotopic (exact) mass is 250 g/mol. The van der Waals surface area contributed by atoms with E-state index in [1.807, 2.05) is 42.5 Å². The van der Waals surface area contributed by atoms with E-state index >= 15 is 0 Å². The summed E-state index contributed by atoms with van der Waals surface area (Å²) in [4.78, 5) is 0. The van der Waals surface area contributed by atoms with Gasteiger partial charge in [-0.25, -0.2) is 0 Å². The number of rotatable bonds is 3. The second-order valence-corrected chi connectivity index (χ2v) is 4.64. The van der Waals surface area contributed by atoms with Crippen LogP contribution in [0, 0.1) is 0 Å². The van der Waals surface area contributed by atoms with Crippen LogP contribution in [-0.2, 0) is 0 Å². The van der Waals surface area contributed by atoms with Gasteiger partial charge in [0.05, 0.1) is 0 Å². The largest absolute Gasteiger partial charge is 0.0985 e. The van der Waals surface area contributed by atoms with Gasteiger partial charge in [-0.1, -0.05) is 93.8 Å². The van der Waals surface area contributed by atoms with E-state index in [1.54, 1.807) is 0 Å². The quantitative estimate of drug-likeness (QED) is 0.647. The molecule has 0 heterocycles. The number of hydrogen-bond acceptors (Lipinski definition) is 0. The number of benzene rings is 2. The summed E-state index contributed by atoms with van der Waals surface area (Å²) in [6, 6.07) is 18.5. The fourth-order valence-electron chi connectivity index (χ4n) is 1.61. The maximum absolute atomic E-state index is 3.71. The van der Waals surface area contributed by atoms with Gasteiger partial charge in [-0.05, 0) is 22.6 Å². The minimum absolute atomic E-state index is 0.619. The fourth-order valence-corrected chi connectivity index (χ4v) is 1.61. The molecule has 2 aromatic rings. The highest BCUT2D eigenvalue weighted by atomic mass is 14.0. The third-order valence-electron chi connectivity index (χ3n) is 2.87. The summed E-state index contributed by atoms with van der Waals surface area (Å²) in [5.74, 6) is 0.619. The molecule has 0 fully saturated rings. The molecule has 0 saturated heterocycles. The van der Waals surface area contributed by atoms with Crippen molar-refractivity contribution in [2.45, 2.75) is 19.8 Å². The zero-order valence-electron chi connectivity index (χ0n) is 11.8. The summed E-state index contributed by atoms with van der Waals surface area (Å²) >= 11 is 0. The fraction of sp³-hybridized carbons (Fsp3) is 0.158. The molecule has 0 aliphatic heterocycles. The van der Waals surface area contributed by atoms with E-state index < -0.39 is 0 Å². The smallest absolute Gasteiger partial charge is 0.0219 e. The molecule has 0 nitrogen and oxygen atoms in total. The molecule has 0 heteroatoms. The molecule has 0 saturated carbocycles. The molecule has 19 heavy (non-hydrogen) atoms. The second kappa shape index (κ2) is 8.10. The van der Waals surface area contributed by atoms with Crippen LogP contribution < -0.4 is 0 Å². The Balaban J connectivity index is 0.000000200. The molecule has 0 aliphatic carbocycles. The Hall–Kier alpha value is -2.08. The molecular weight excluding hydrogens is 228 g/mol. The second-order valence-electron chi connectivity index (χ2n) is 4.64. The van der Waals surface area contributed by atoms with Crippen molar-refractivity contribution in [1.29, 1.82) is 0 Å². The van der Waals surface area contributed by atoms with Crippen molar-refractivity contribution in [3.63, 3.8) is 0 Å². The third-order valence-corrected chi connectivity index (χ3v) is 2.87. The van der Waals surface area contributed by atoms with Gasteiger partial charge in [0.2, 0.25) is 0 Å². The maximum Gasteiger partial charge on any atom is -0.0219 e. The Morgan fingerprint density at radius 3 is 1.58 bits per heavy atom. The normalized spacial score (nSPS) is 9.42. The highest BCUT2D eigenvalue weighted by Gasteiger charge is 1.96. The van der Waals surface area contributed by atoms with Crippen LogP contribution in [-0.4, -0.2) is 0 Å². The van der Waals surface area contributed by atoms with E-state index in [2.05, 4.69) is 51.3 Å². The average molecular weight is 250 g/mol. The average Bonchev–Trinajstić information content (AvgIpc) is 2.48. The molecular formula is C19H22. The predicted octanol–water partition coefficient (Wildman–Crippen LogP) is 5.78. The summed E-state index contributed by atoms with van der Waals surface area (Å²) in [5.41, 5.74) is 3.75. The SMILES string of the molecule is C=Cc1ccc(C(C)C)cc1.C=Cc1ccccc1. The van der Waals surface area contributed by atoms with Crippen LogP contribution in [0.25, 0.3) is 12.2 Å². The summed E-state index contributed by atoms with van der Waals surface area (Å²) in [6.45, 7) is 11.7. The van der Waals surface area contributed by atoms with Crippen molar-refractivity contribution >= 4 is 12.2 Å². The predicted molar refractivity (Wildman–Crippen MR) is 87.2 cm³/mol. The van der Waals surface area contributed by atoms with Gasteiger partial charge in [-0.3, -0.25) is 0 Å². The van der Waals surface area contributed by atoms with E-state index in [9.17, 15) is 0 Å². The molecule has 0 unspecified atom stereocenters. The Labute approximate surface area is 117 Å². The topological polar surface area (TPSA) is 0 Å². The van der Waals surface area contributed by atoms with Crippen LogP contribution in [0.15, 0.2) is 67.8 Å². The lowest BCUT2D eigenvalue weighted by molar-refractivity contribution is 0.866. The van der Waals surface area contributed by atoms with Crippen molar-refractivity contribution < 1.29 is 0 Å². The van der Waals surface area contributed by atoms with Crippen LogP contribution in [0.3, 0.4) is 0 Å². The van der Waals surface area contributed by atoms with Crippen LogP contribution in [0.2, 0.25) is 0 Å². The lowest BCUT2D eigenvalue weighted by atomic mass is 10.0. The van der Waals surface area contributed by atoms with E-state index in [0.717, 1.165) is 0 Å². The first kappa shape index (κ1) is 15.0. The van der Waals surface area contributed by atoms with Gasteiger partial charge in [0, 0.05) is 0 Å². The van der Waals surface area contributed by atoms with Crippen LogP contribution >= 0.6 is 0 Å². The highest BCUT2D eigenvalue weighted by molar-refractivity contribution is 5.47. The zero-order valence-corrected chi connectivity index (χ0v) is 11.8. The van der Waals surface area contributed by atoms with Gasteiger partial charge >= 0.3 is 0 Å². The van der Waals surface area contributed by atoms with Gasteiger partial charge in [0.15, 0.2) is 0 Å². The minimum atomic E-state index is 0.619. The summed E-state index contributed by atoms with van der Waals surface area (Å²) in [6.07, 6.45) is 3.70. The Morgan fingerprint density at radius 2 is 1.21 bits per heavy atom. The first-order chi connectivity index (χ1) is 9.17. The lowest BCUT2D eigenvalue weighted by Gasteiger charge is -2.04. The Bertz CT molecular complexity index is 489. The van der Waals surface area contributed by atoms with Gasteiger partial charge in [0.25, 0.3) is 0 Å². The van der Waals surface area contributed by atoms with Crippen LogP contribution in [0.1, 0.15) is 36.5 Å². The summed E-state index contributed by atoms with van der Waals surface area (Å²) < 4.78 is 0. The first-order valence-corrected chi connectivity index (χ1v) is 6.57. The van der Waals surface area contributed by atoms with Crippen molar-refractivity contribution in [2.24, 2.45) is 0 Å². The Morgan fingerprint density at radius 1 is 0.737 bits per heavy atom. The minimum Gasteiger partial charge on any atom is -0.0985 e. The lowest BCUT2D eigenvalue weighted by Crippen LogP contribution is -1.85. The van der Waals surface area contributed by atoms with Crippen molar-refractivity contribution in [1.82, 2.24) is 0 Å². The van der Waals surface area contributed by atoms with Crippen molar-refractivity contribution in [2.75, 3.05) is 0 Å². The molecule has 0 N–H and O–H groups in total. The molecule has 0 aromatic heterocycles. The summed E-state index contributed by atoms with van der Waals surface area (Å²) in [5, 5.41) is 0. The van der Waals surface area contributed by atoms with E-state index in [0.29, 0.717) is 5.92 Å². The molecule has 98 valence electrons. The molecule has 0 atom stereocenters. The van der Waals surface area contributed by atoms with Crippen LogP contribution in [0.4, 0.5) is 0 Å². The molecule has 0 radical (unpaired) electrons. The molecule has 2 rings (SSSR count). The van der Waals surface area contributed by atoms with Crippen molar-refractivity contribution in [3.8, 4) is 0 Å². The van der Waals surface area contributed by atoms with Crippen LogP contribution in [0.5, 0.6) is 0 Å². The van der Waals surface area contributed by atoms with Gasteiger partial charge < -0.3 is 0 Å². The zero-order chi connectivity index (χ0) is 14.1. The molecule has 0 aliphatic rings. The van der Waals surface area contributed by atoms with Crippen molar-refractivity contribution in [3.05, 3.63) is 84.4 Å². The molecule has 0 bridgehead atoms. The molecule has 0 spiro atoms. The van der Waals surface area contributed by atoms with Gasteiger partial charge in [-0.15, -0.1) is 0 Å². The number of hydrogen-bond donors (Lipinski definition) is 0. The highest BCUT2D eigenvalue weighted by Crippen LogP contribution is 2.14. The standard InChI is InChI=1S/C11H14.C8H8/c1-4-10-5-7-11(8-6-10)9(2)3;1-2-8-6-4-3-5-7-8/h4-9H,1H2,2-3H3;2-7H,1H2. The van der Waals surface area contributed by atoms with Gasteiger partial charge in [-0.2, -0.15) is 0 Å². The van der Waals surface area contributed by atoms with E-state index in [-0.39, 0.29) is 0 Å². The maximum atomic E-state index is 3.71. The third kappa shape index (κ3) is 5.39.